The van der Waals surface area contributed by atoms with Crippen LogP contribution in [-0.2, 0) is 9.59 Å². The smallest absolute Gasteiger partial charge is 0.282 e. The summed E-state index contributed by atoms with van der Waals surface area (Å²) in [6.07, 6.45) is 0. The molecule has 1 aliphatic rings. The Bertz CT molecular complexity index is 1190. The van der Waals surface area contributed by atoms with Gasteiger partial charge in [-0.3, -0.25) is 9.59 Å². The summed E-state index contributed by atoms with van der Waals surface area (Å²) in [4.78, 5) is 28.2. The van der Waals surface area contributed by atoms with E-state index in [0.717, 1.165) is 33.5 Å². The van der Waals surface area contributed by atoms with Gasteiger partial charge in [0.15, 0.2) is 0 Å². The largest absolute Gasteiger partial charge is 0.350 e. The van der Waals surface area contributed by atoms with E-state index in [9.17, 15) is 9.59 Å². The first-order valence-electron chi connectivity index (χ1n) is 9.97. The molecular weight excluding hydrogens is 372 g/mol. The van der Waals surface area contributed by atoms with Crippen LogP contribution in [-0.4, -0.2) is 11.8 Å². The summed E-state index contributed by atoms with van der Waals surface area (Å²) >= 11 is 0. The predicted octanol–water partition coefficient (Wildman–Crippen LogP) is 5.32. The molecule has 2 amide bonds. The van der Waals surface area contributed by atoms with Crippen molar-refractivity contribution in [2.24, 2.45) is 0 Å². The zero-order valence-corrected chi connectivity index (χ0v) is 17.6. The van der Waals surface area contributed by atoms with Gasteiger partial charge in [-0.2, -0.15) is 0 Å². The molecule has 150 valence electrons. The summed E-state index contributed by atoms with van der Waals surface area (Å²) in [6.45, 7) is 8.01. The monoisotopic (exact) mass is 396 g/mol. The van der Waals surface area contributed by atoms with Gasteiger partial charge in [0.1, 0.15) is 5.70 Å². The Kier molecular flexibility index (Phi) is 5.00. The van der Waals surface area contributed by atoms with Crippen molar-refractivity contribution in [2.45, 2.75) is 27.7 Å². The second-order valence-electron chi connectivity index (χ2n) is 7.72. The maximum Gasteiger partial charge on any atom is 0.282 e. The number of aryl methyl sites for hydroxylation is 3. The maximum atomic E-state index is 13.5. The quantitative estimate of drug-likeness (QED) is 0.608. The molecule has 1 heterocycles. The standard InChI is InChI=1S/C26H24N2O2/c1-16-13-14-21(18(3)15-16)23-24(27-22-12-8-9-17(2)19(22)4)26(30)28(25(23)29)20-10-6-5-7-11-20/h5-15,27H,1-4H3. The first-order chi connectivity index (χ1) is 14.4. The Hall–Kier alpha value is -3.66. The topological polar surface area (TPSA) is 49.4 Å². The van der Waals surface area contributed by atoms with Crippen molar-refractivity contribution in [1.29, 1.82) is 0 Å². The zero-order valence-electron chi connectivity index (χ0n) is 17.6. The number of rotatable bonds is 4. The first-order valence-corrected chi connectivity index (χ1v) is 9.97. The van der Waals surface area contributed by atoms with Gasteiger partial charge >= 0.3 is 0 Å². The minimum atomic E-state index is -0.345. The van der Waals surface area contributed by atoms with Crippen LogP contribution < -0.4 is 10.2 Å². The summed E-state index contributed by atoms with van der Waals surface area (Å²) in [5.41, 5.74) is 7.10. The maximum absolute atomic E-state index is 13.5. The lowest BCUT2D eigenvalue weighted by Crippen LogP contribution is -2.32. The summed E-state index contributed by atoms with van der Waals surface area (Å²) in [7, 11) is 0. The average Bonchev–Trinajstić information content (AvgIpc) is 2.96. The predicted molar refractivity (Wildman–Crippen MR) is 121 cm³/mol. The van der Waals surface area contributed by atoms with E-state index in [0.29, 0.717) is 17.0 Å². The molecule has 1 aliphatic heterocycles. The van der Waals surface area contributed by atoms with Gasteiger partial charge in [0.25, 0.3) is 11.8 Å². The van der Waals surface area contributed by atoms with E-state index in [2.05, 4.69) is 5.32 Å². The fourth-order valence-corrected chi connectivity index (χ4v) is 3.82. The Morgan fingerprint density at radius 3 is 2.17 bits per heavy atom. The molecular formula is C26H24N2O2. The van der Waals surface area contributed by atoms with Crippen LogP contribution in [0.1, 0.15) is 27.8 Å². The van der Waals surface area contributed by atoms with Crippen LogP contribution in [0.5, 0.6) is 0 Å². The van der Waals surface area contributed by atoms with Crippen LogP contribution in [0.3, 0.4) is 0 Å². The number of anilines is 2. The number of amides is 2. The van der Waals surface area contributed by atoms with Crippen LogP contribution in [0.4, 0.5) is 11.4 Å². The van der Waals surface area contributed by atoms with Gasteiger partial charge in [-0.05, 0) is 68.1 Å². The normalized spacial score (nSPS) is 13.9. The van der Waals surface area contributed by atoms with Crippen molar-refractivity contribution in [3.05, 3.63) is 100 Å². The van der Waals surface area contributed by atoms with Crippen LogP contribution in [0.25, 0.3) is 5.57 Å². The summed E-state index contributed by atoms with van der Waals surface area (Å²) in [6, 6.07) is 20.9. The van der Waals surface area contributed by atoms with E-state index in [-0.39, 0.29) is 11.8 Å². The fourth-order valence-electron chi connectivity index (χ4n) is 3.82. The van der Waals surface area contributed by atoms with Gasteiger partial charge in [0.05, 0.1) is 11.3 Å². The van der Waals surface area contributed by atoms with E-state index < -0.39 is 0 Å². The Morgan fingerprint density at radius 1 is 0.733 bits per heavy atom. The van der Waals surface area contributed by atoms with Crippen molar-refractivity contribution in [3.8, 4) is 0 Å². The lowest BCUT2D eigenvalue weighted by Gasteiger charge is -2.16. The number of para-hydroxylation sites is 1. The average molecular weight is 396 g/mol. The number of hydrogen-bond acceptors (Lipinski definition) is 3. The molecule has 3 aromatic rings. The van der Waals surface area contributed by atoms with Gasteiger partial charge in [0.2, 0.25) is 0 Å². The molecule has 0 aromatic heterocycles. The minimum absolute atomic E-state index is 0.310. The molecule has 0 spiro atoms. The molecule has 1 N–H and O–H groups in total. The molecule has 0 aliphatic carbocycles. The second-order valence-corrected chi connectivity index (χ2v) is 7.72. The van der Waals surface area contributed by atoms with Crippen LogP contribution in [0, 0.1) is 27.7 Å². The molecule has 0 saturated heterocycles. The lowest BCUT2D eigenvalue weighted by atomic mass is 9.97. The van der Waals surface area contributed by atoms with Crippen LogP contribution in [0.2, 0.25) is 0 Å². The number of nitrogens with zero attached hydrogens (tertiary/aromatic N) is 1. The van der Waals surface area contributed by atoms with Gasteiger partial charge in [-0.25, -0.2) is 4.90 Å². The molecule has 3 aromatic carbocycles. The van der Waals surface area contributed by atoms with E-state index in [1.807, 2.05) is 82.3 Å². The molecule has 0 saturated carbocycles. The Morgan fingerprint density at radius 2 is 1.47 bits per heavy atom. The molecule has 4 nitrogen and oxygen atoms in total. The zero-order chi connectivity index (χ0) is 21.4. The lowest BCUT2D eigenvalue weighted by molar-refractivity contribution is -0.120. The van der Waals surface area contributed by atoms with E-state index >= 15 is 0 Å². The number of benzene rings is 3. The highest BCUT2D eigenvalue weighted by atomic mass is 16.2. The van der Waals surface area contributed by atoms with Crippen molar-refractivity contribution in [2.75, 3.05) is 10.2 Å². The van der Waals surface area contributed by atoms with Crippen molar-refractivity contribution < 1.29 is 9.59 Å². The number of carbonyl (C=O) groups is 2. The Labute approximate surface area is 176 Å². The third-order valence-corrected chi connectivity index (χ3v) is 5.61. The molecule has 4 heteroatoms. The number of hydrogen-bond donors (Lipinski definition) is 1. The highest BCUT2D eigenvalue weighted by Gasteiger charge is 2.40. The van der Waals surface area contributed by atoms with Gasteiger partial charge in [-0.15, -0.1) is 0 Å². The van der Waals surface area contributed by atoms with Crippen molar-refractivity contribution >= 4 is 28.8 Å². The second kappa shape index (κ2) is 7.64. The van der Waals surface area contributed by atoms with Crippen LogP contribution in [0.15, 0.2) is 72.4 Å². The van der Waals surface area contributed by atoms with Crippen molar-refractivity contribution in [3.63, 3.8) is 0 Å². The number of nitrogens with one attached hydrogen (secondary N) is 1. The van der Waals surface area contributed by atoms with E-state index in [1.165, 1.54) is 4.90 Å². The summed E-state index contributed by atoms with van der Waals surface area (Å²) < 4.78 is 0. The fraction of sp³-hybridized carbons (Fsp3) is 0.154. The Balaban J connectivity index is 1.89. The summed E-state index contributed by atoms with van der Waals surface area (Å²) in [5.74, 6) is -0.659. The van der Waals surface area contributed by atoms with Gasteiger partial charge in [0, 0.05) is 5.69 Å². The SMILES string of the molecule is Cc1ccc(C2=C(Nc3cccc(C)c3C)C(=O)N(c3ccccc3)C2=O)c(C)c1. The molecule has 0 atom stereocenters. The van der Waals surface area contributed by atoms with Gasteiger partial charge < -0.3 is 5.32 Å². The third kappa shape index (κ3) is 3.30. The molecule has 0 radical (unpaired) electrons. The molecule has 0 unspecified atom stereocenters. The van der Waals surface area contributed by atoms with Crippen molar-refractivity contribution in [1.82, 2.24) is 0 Å². The molecule has 0 fully saturated rings. The highest BCUT2D eigenvalue weighted by Crippen LogP contribution is 2.35. The summed E-state index contributed by atoms with van der Waals surface area (Å²) in [5, 5.41) is 3.29. The minimum Gasteiger partial charge on any atom is -0.350 e. The molecule has 30 heavy (non-hydrogen) atoms. The van der Waals surface area contributed by atoms with E-state index in [1.54, 1.807) is 12.1 Å². The highest BCUT2D eigenvalue weighted by molar-refractivity contribution is 6.46. The molecule has 4 rings (SSSR count). The number of imide groups is 1. The third-order valence-electron chi connectivity index (χ3n) is 5.61. The first kappa shape index (κ1) is 19.6. The van der Waals surface area contributed by atoms with E-state index in [4.69, 9.17) is 0 Å². The van der Waals surface area contributed by atoms with Gasteiger partial charge in [-0.1, -0.05) is 54.1 Å². The van der Waals surface area contributed by atoms with Crippen LogP contribution >= 0.6 is 0 Å². The molecule has 0 bridgehead atoms. The number of carbonyl (C=O) groups excluding carboxylic acids is 2.